The van der Waals surface area contributed by atoms with Gasteiger partial charge in [-0.1, -0.05) is 238 Å². The number of hydrogen-bond donors (Lipinski definition) is 0. The van der Waals surface area contributed by atoms with Crippen molar-refractivity contribution in [1.82, 2.24) is 0 Å². The zero-order valence-corrected chi connectivity index (χ0v) is 45.7. The van der Waals surface area contributed by atoms with Gasteiger partial charge < -0.3 is 14.2 Å². The molecule has 6 heteroatoms. The zero-order chi connectivity index (χ0) is 51.4. The first-order valence-electron chi connectivity index (χ1n) is 28.7. The van der Waals surface area contributed by atoms with Crippen LogP contribution in [0.5, 0.6) is 0 Å². The van der Waals surface area contributed by atoms with Crippen LogP contribution < -0.4 is 0 Å². The van der Waals surface area contributed by atoms with E-state index < -0.39 is 6.10 Å². The minimum Gasteiger partial charge on any atom is -0.462 e. The molecule has 0 aromatic carbocycles. The maximum atomic E-state index is 12.8. The van der Waals surface area contributed by atoms with Gasteiger partial charge in [0.15, 0.2) is 6.10 Å². The highest BCUT2D eigenvalue weighted by atomic mass is 16.6. The third kappa shape index (κ3) is 56.3. The normalized spacial score (nSPS) is 13.1. The molecule has 0 saturated heterocycles. The highest BCUT2D eigenvalue weighted by Crippen LogP contribution is 2.14. The van der Waals surface area contributed by atoms with Crippen LogP contribution in [0.2, 0.25) is 0 Å². The largest absolute Gasteiger partial charge is 0.462 e. The molecule has 0 aliphatic carbocycles. The van der Waals surface area contributed by atoms with E-state index in [2.05, 4.69) is 154 Å². The van der Waals surface area contributed by atoms with Crippen molar-refractivity contribution in [3.63, 3.8) is 0 Å². The fraction of sp³-hybridized carbons (Fsp3) is 0.615. The number of hydrogen-bond acceptors (Lipinski definition) is 6. The molecule has 0 N–H and O–H groups in total. The summed E-state index contributed by atoms with van der Waals surface area (Å²) < 4.78 is 16.7. The van der Waals surface area contributed by atoms with Crippen molar-refractivity contribution in [2.75, 3.05) is 13.2 Å². The lowest BCUT2D eigenvalue weighted by atomic mass is 10.1. The third-order valence-electron chi connectivity index (χ3n) is 11.7. The molecule has 0 spiro atoms. The SMILES string of the molecule is CC/C=C\C/C=C\C/C=C\C/C=C\C/C=C\C/C=C\C/C=C\CCCCCCCCCC(=O)OCC(COC(=O)CCCCCCC)OC(=O)CCCCCCCC/C=C\C/C=C\C/C=C\C/C=C\CC. The smallest absolute Gasteiger partial charge is 0.306 e. The van der Waals surface area contributed by atoms with E-state index in [4.69, 9.17) is 14.2 Å². The molecule has 0 aromatic heterocycles. The predicted molar refractivity (Wildman–Crippen MR) is 306 cm³/mol. The minimum absolute atomic E-state index is 0.0919. The standard InChI is InChI=1S/C65H104O6/c1-4-7-10-13-15-17-19-21-23-25-27-28-29-30-31-32-33-34-35-36-38-39-41-43-45-47-49-52-55-58-64(67)70-61-62(60-69-63(66)57-54-51-12-9-6-3)71-65(68)59-56-53-50-48-46-44-42-40-37-26-24-22-20-18-16-14-11-8-5-2/h7-8,10-11,15-18,21-24,27-28,30-31,33-34,36-38,40,62H,4-6,9,12-14,19-20,25-26,29,32,35,39,41-61H2,1-3H3/b10-7-,11-8-,17-15-,18-16-,23-21-,24-22-,28-27-,31-30-,34-33-,38-36-,40-37-. The maximum Gasteiger partial charge on any atom is 0.306 e. The number of esters is 3. The highest BCUT2D eigenvalue weighted by Gasteiger charge is 2.19. The highest BCUT2D eigenvalue weighted by molar-refractivity contribution is 5.71. The van der Waals surface area contributed by atoms with Crippen molar-refractivity contribution in [2.45, 2.75) is 245 Å². The minimum atomic E-state index is -0.791. The second-order valence-electron chi connectivity index (χ2n) is 18.4. The Balaban J connectivity index is 4.17. The summed E-state index contributed by atoms with van der Waals surface area (Å²) in [6.07, 6.45) is 82.0. The number of allylic oxidation sites excluding steroid dienone is 22. The molecule has 0 bridgehead atoms. The van der Waals surface area contributed by atoms with Gasteiger partial charge in [0.05, 0.1) is 0 Å². The lowest BCUT2D eigenvalue weighted by Crippen LogP contribution is -2.30. The van der Waals surface area contributed by atoms with Crippen LogP contribution >= 0.6 is 0 Å². The van der Waals surface area contributed by atoms with Crippen molar-refractivity contribution in [1.29, 1.82) is 0 Å². The van der Waals surface area contributed by atoms with Gasteiger partial charge in [-0.25, -0.2) is 0 Å². The van der Waals surface area contributed by atoms with Gasteiger partial charge in [0.1, 0.15) is 13.2 Å². The molecule has 0 fully saturated rings. The second-order valence-corrected chi connectivity index (χ2v) is 18.4. The van der Waals surface area contributed by atoms with Gasteiger partial charge in [0, 0.05) is 19.3 Å². The Kier molecular flexibility index (Phi) is 54.5. The van der Waals surface area contributed by atoms with Crippen LogP contribution in [0.3, 0.4) is 0 Å². The quantitative estimate of drug-likeness (QED) is 0.0262. The molecule has 0 aromatic rings. The molecule has 71 heavy (non-hydrogen) atoms. The molecule has 0 heterocycles. The molecule has 0 amide bonds. The maximum absolute atomic E-state index is 12.8. The van der Waals surface area contributed by atoms with Crippen molar-refractivity contribution in [2.24, 2.45) is 0 Å². The number of unbranched alkanes of at least 4 members (excludes halogenated alkanes) is 17. The Bertz CT molecular complexity index is 1550. The molecule has 6 nitrogen and oxygen atoms in total. The average Bonchev–Trinajstić information content (AvgIpc) is 3.37. The Morgan fingerprint density at radius 3 is 0.859 bits per heavy atom. The summed E-state index contributed by atoms with van der Waals surface area (Å²) in [6, 6.07) is 0. The first-order valence-corrected chi connectivity index (χ1v) is 28.7. The molecule has 0 radical (unpaired) electrons. The Morgan fingerprint density at radius 2 is 0.549 bits per heavy atom. The number of carbonyl (C=O) groups excluding carboxylic acids is 3. The van der Waals surface area contributed by atoms with Crippen LogP contribution in [0.4, 0.5) is 0 Å². The summed E-state index contributed by atoms with van der Waals surface area (Å²) in [5.74, 6) is -0.937. The van der Waals surface area contributed by atoms with Gasteiger partial charge in [-0.3, -0.25) is 14.4 Å². The van der Waals surface area contributed by atoms with Crippen molar-refractivity contribution >= 4 is 17.9 Å². The van der Waals surface area contributed by atoms with Gasteiger partial charge in [0.25, 0.3) is 0 Å². The van der Waals surface area contributed by atoms with Crippen LogP contribution in [0, 0.1) is 0 Å². The molecule has 0 aliphatic heterocycles. The topological polar surface area (TPSA) is 78.9 Å². The van der Waals surface area contributed by atoms with E-state index in [1.165, 1.54) is 38.5 Å². The number of ether oxygens (including phenoxy) is 3. The van der Waals surface area contributed by atoms with E-state index in [1.54, 1.807) is 0 Å². The van der Waals surface area contributed by atoms with Crippen LogP contribution in [0.25, 0.3) is 0 Å². The molecule has 0 aliphatic rings. The molecule has 1 unspecified atom stereocenters. The lowest BCUT2D eigenvalue weighted by molar-refractivity contribution is -0.167. The monoisotopic (exact) mass is 981 g/mol. The van der Waals surface area contributed by atoms with Crippen LogP contribution in [0.15, 0.2) is 134 Å². The zero-order valence-electron chi connectivity index (χ0n) is 45.7. The van der Waals surface area contributed by atoms with E-state index in [0.717, 1.165) is 161 Å². The summed E-state index contributed by atoms with van der Waals surface area (Å²) in [4.78, 5) is 37.8. The van der Waals surface area contributed by atoms with E-state index in [0.29, 0.717) is 19.3 Å². The van der Waals surface area contributed by atoms with Crippen molar-refractivity contribution < 1.29 is 28.6 Å². The molecule has 0 saturated carbocycles. The van der Waals surface area contributed by atoms with Gasteiger partial charge in [-0.05, 0) is 116 Å². The Hall–Kier alpha value is -4.45. The summed E-state index contributed by atoms with van der Waals surface area (Å²) in [6.45, 7) is 6.29. The van der Waals surface area contributed by atoms with Gasteiger partial charge >= 0.3 is 17.9 Å². The summed E-state index contributed by atoms with van der Waals surface area (Å²) in [5.41, 5.74) is 0. The third-order valence-corrected chi connectivity index (χ3v) is 11.7. The van der Waals surface area contributed by atoms with Gasteiger partial charge in [-0.15, -0.1) is 0 Å². The van der Waals surface area contributed by atoms with E-state index in [1.807, 2.05) is 0 Å². The first-order chi connectivity index (χ1) is 35.0. The summed E-state index contributed by atoms with van der Waals surface area (Å²) >= 11 is 0. The molecule has 0 rings (SSSR count). The van der Waals surface area contributed by atoms with Crippen molar-refractivity contribution in [3.8, 4) is 0 Å². The van der Waals surface area contributed by atoms with Crippen LogP contribution in [-0.4, -0.2) is 37.2 Å². The van der Waals surface area contributed by atoms with Crippen LogP contribution in [0.1, 0.15) is 239 Å². The second kappa shape index (κ2) is 58.1. The number of rotatable bonds is 50. The van der Waals surface area contributed by atoms with E-state index >= 15 is 0 Å². The van der Waals surface area contributed by atoms with Crippen LogP contribution in [-0.2, 0) is 28.6 Å². The fourth-order valence-electron chi connectivity index (χ4n) is 7.41. The van der Waals surface area contributed by atoms with Gasteiger partial charge in [-0.2, -0.15) is 0 Å². The molecular formula is C65H104O6. The fourth-order valence-corrected chi connectivity index (χ4v) is 7.41. The van der Waals surface area contributed by atoms with E-state index in [-0.39, 0.29) is 31.1 Å². The molecule has 400 valence electrons. The Morgan fingerprint density at radius 1 is 0.296 bits per heavy atom. The van der Waals surface area contributed by atoms with Crippen molar-refractivity contribution in [3.05, 3.63) is 134 Å². The Labute approximate surface area is 436 Å². The number of carbonyl (C=O) groups is 3. The predicted octanol–water partition coefficient (Wildman–Crippen LogP) is 19.4. The first kappa shape index (κ1) is 66.6. The average molecular weight is 982 g/mol. The molecule has 1 atom stereocenters. The summed E-state index contributed by atoms with van der Waals surface area (Å²) in [7, 11) is 0. The summed E-state index contributed by atoms with van der Waals surface area (Å²) in [5, 5.41) is 0. The van der Waals surface area contributed by atoms with E-state index in [9.17, 15) is 14.4 Å². The molecular weight excluding hydrogens is 877 g/mol. The lowest BCUT2D eigenvalue weighted by Gasteiger charge is -2.18. The van der Waals surface area contributed by atoms with Gasteiger partial charge in [0.2, 0.25) is 0 Å².